The van der Waals surface area contributed by atoms with Crippen LogP contribution in [-0.4, -0.2) is 36.9 Å². The zero-order valence-electron chi connectivity index (χ0n) is 13.0. The van der Waals surface area contributed by atoms with Crippen molar-refractivity contribution < 1.29 is 14.3 Å². The van der Waals surface area contributed by atoms with E-state index in [0.29, 0.717) is 24.5 Å². The number of para-hydroxylation sites is 2. The van der Waals surface area contributed by atoms with Crippen LogP contribution in [0.1, 0.15) is 33.1 Å². The Morgan fingerprint density at radius 2 is 1.76 bits per heavy atom. The molecule has 0 saturated carbocycles. The highest BCUT2D eigenvalue weighted by molar-refractivity contribution is 6.04. The molecule has 5 heteroatoms. The molecule has 0 fully saturated rings. The molecule has 1 N–H and O–H groups in total. The van der Waals surface area contributed by atoms with E-state index >= 15 is 0 Å². The number of nitrogens with one attached hydrogen (secondary N) is 1. The van der Waals surface area contributed by atoms with Crippen molar-refractivity contribution in [3.05, 3.63) is 24.3 Å². The van der Waals surface area contributed by atoms with Crippen LogP contribution in [0.2, 0.25) is 0 Å². The fourth-order valence-electron chi connectivity index (χ4n) is 2.09. The zero-order chi connectivity index (χ0) is 15.7. The second-order valence-electron chi connectivity index (χ2n) is 4.81. The summed E-state index contributed by atoms with van der Waals surface area (Å²) in [4.78, 5) is 25.8. The molecule has 5 nitrogen and oxygen atoms in total. The number of ether oxygens (including phenoxy) is 1. The van der Waals surface area contributed by atoms with Gasteiger partial charge in [0.15, 0.2) is 0 Å². The molecule has 0 atom stereocenters. The average molecular weight is 292 g/mol. The molecule has 0 aliphatic carbocycles. The number of carbonyl (C=O) groups excluding carboxylic acids is 2. The van der Waals surface area contributed by atoms with Crippen LogP contribution in [0.3, 0.4) is 0 Å². The minimum atomic E-state index is -0.318. The van der Waals surface area contributed by atoms with E-state index in [2.05, 4.69) is 5.32 Å². The molecule has 116 valence electrons. The predicted molar refractivity (Wildman–Crippen MR) is 83.4 cm³/mol. The summed E-state index contributed by atoms with van der Waals surface area (Å²) in [6.45, 7) is 5.42. The summed E-state index contributed by atoms with van der Waals surface area (Å²) in [5, 5.41) is 2.72. The van der Waals surface area contributed by atoms with Crippen molar-refractivity contribution in [3.63, 3.8) is 0 Å². The Morgan fingerprint density at radius 3 is 2.33 bits per heavy atom. The van der Waals surface area contributed by atoms with Crippen LogP contribution in [0.5, 0.6) is 5.75 Å². The molecular weight excluding hydrogens is 268 g/mol. The molecule has 0 aliphatic rings. The predicted octanol–water partition coefficient (Wildman–Crippen LogP) is 2.67. The summed E-state index contributed by atoms with van der Waals surface area (Å²) < 4.78 is 5.17. The lowest BCUT2D eigenvalue weighted by Crippen LogP contribution is -2.35. The van der Waals surface area contributed by atoms with Gasteiger partial charge < -0.3 is 15.0 Å². The topological polar surface area (TPSA) is 58.6 Å². The second-order valence-corrected chi connectivity index (χ2v) is 4.81. The summed E-state index contributed by atoms with van der Waals surface area (Å²) in [5.74, 6) is 0.130. The molecule has 1 aromatic rings. The lowest BCUT2D eigenvalue weighted by Gasteiger charge is -2.21. The van der Waals surface area contributed by atoms with Crippen molar-refractivity contribution in [1.29, 1.82) is 0 Å². The molecule has 0 unspecified atom stereocenters. The van der Waals surface area contributed by atoms with Crippen LogP contribution >= 0.6 is 0 Å². The van der Waals surface area contributed by atoms with E-state index < -0.39 is 0 Å². The first-order valence-corrected chi connectivity index (χ1v) is 7.33. The molecule has 0 aliphatic heterocycles. The fraction of sp³-hybridized carbons (Fsp3) is 0.500. The van der Waals surface area contributed by atoms with Gasteiger partial charge in [-0.15, -0.1) is 0 Å². The number of carbonyl (C=O) groups is 2. The van der Waals surface area contributed by atoms with Crippen molar-refractivity contribution in [2.75, 3.05) is 25.5 Å². The van der Waals surface area contributed by atoms with Gasteiger partial charge in [-0.3, -0.25) is 9.59 Å². The maximum absolute atomic E-state index is 12.1. The summed E-state index contributed by atoms with van der Waals surface area (Å²) in [7, 11) is 1.54. The molecule has 0 saturated heterocycles. The molecule has 1 rings (SSSR count). The van der Waals surface area contributed by atoms with E-state index in [-0.39, 0.29) is 18.2 Å². The standard InChI is InChI=1S/C16H24N2O3/c1-4-10-18(11-5-2)16(20)12-15(19)17-13-8-6-7-9-14(13)21-3/h6-9H,4-5,10-12H2,1-3H3,(H,17,19). The molecule has 0 aromatic heterocycles. The van der Waals surface area contributed by atoms with E-state index in [1.807, 2.05) is 19.9 Å². The second kappa shape index (κ2) is 9.00. The third-order valence-corrected chi connectivity index (χ3v) is 3.03. The Balaban J connectivity index is 2.61. The van der Waals surface area contributed by atoms with Gasteiger partial charge in [-0.05, 0) is 25.0 Å². The lowest BCUT2D eigenvalue weighted by molar-refractivity contribution is -0.134. The summed E-state index contributed by atoms with van der Waals surface area (Å²) in [5.41, 5.74) is 0.579. The number of nitrogens with zero attached hydrogens (tertiary/aromatic N) is 1. The van der Waals surface area contributed by atoms with Gasteiger partial charge in [-0.2, -0.15) is 0 Å². The molecule has 1 aromatic carbocycles. The first-order valence-electron chi connectivity index (χ1n) is 7.33. The average Bonchev–Trinajstić information content (AvgIpc) is 2.47. The minimum Gasteiger partial charge on any atom is -0.495 e. The number of benzene rings is 1. The van der Waals surface area contributed by atoms with Crippen molar-refractivity contribution in [3.8, 4) is 5.75 Å². The van der Waals surface area contributed by atoms with E-state index in [0.717, 1.165) is 12.8 Å². The van der Waals surface area contributed by atoms with Gasteiger partial charge in [0.25, 0.3) is 0 Å². The third-order valence-electron chi connectivity index (χ3n) is 3.03. The van der Waals surface area contributed by atoms with Gasteiger partial charge in [0.2, 0.25) is 11.8 Å². The normalized spacial score (nSPS) is 10.0. The van der Waals surface area contributed by atoms with Crippen molar-refractivity contribution >= 4 is 17.5 Å². The van der Waals surface area contributed by atoms with E-state index in [4.69, 9.17) is 4.74 Å². The Hall–Kier alpha value is -2.04. The lowest BCUT2D eigenvalue weighted by atomic mass is 10.2. The molecule has 0 bridgehead atoms. The van der Waals surface area contributed by atoms with E-state index in [1.165, 1.54) is 0 Å². The molecule has 0 spiro atoms. The summed E-state index contributed by atoms with van der Waals surface area (Å²) >= 11 is 0. The zero-order valence-corrected chi connectivity index (χ0v) is 13.0. The monoisotopic (exact) mass is 292 g/mol. The van der Waals surface area contributed by atoms with Gasteiger partial charge >= 0.3 is 0 Å². The van der Waals surface area contributed by atoms with Gasteiger partial charge in [0.1, 0.15) is 12.2 Å². The number of hydrogen-bond acceptors (Lipinski definition) is 3. The number of hydrogen-bond donors (Lipinski definition) is 1. The first kappa shape index (κ1) is 17.0. The van der Waals surface area contributed by atoms with Crippen molar-refractivity contribution in [2.24, 2.45) is 0 Å². The van der Waals surface area contributed by atoms with Crippen LogP contribution in [0, 0.1) is 0 Å². The van der Waals surface area contributed by atoms with Gasteiger partial charge in [0.05, 0.1) is 12.8 Å². The van der Waals surface area contributed by atoms with Crippen molar-refractivity contribution in [2.45, 2.75) is 33.1 Å². The van der Waals surface area contributed by atoms with Gasteiger partial charge in [-0.1, -0.05) is 26.0 Å². The third kappa shape index (κ3) is 5.45. The quantitative estimate of drug-likeness (QED) is 0.749. The smallest absolute Gasteiger partial charge is 0.233 e. The van der Waals surface area contributed by atoms with E-state index in [9.17, 15) is 9.59 Å². The Labute approximate surface area is 126 Å². The van der Waals surface area contributed by atoms with E-state index in [1.54, 1.807) is 30.2 Å². The molecule has 0 radical (unpaired) electrons. The number of rotatable bonds is 8. The molecule has 0 heterocycles. The largest absolute Gasteiger partial charge is 0.495 e. The van der Waals surface area contributed by atoms with Crippen LogP contribution in [0.4, 0.5) is 5.69 Å². The molecule has 2 amide bonds. The Kier molecular flexibility index (Phi) is 7.29. The summed E-state index contributed by atoms with van der Waals surface area (Å²) in [6, 6.07) is 7.14. The number of anilines is 1. The summed E-state index contributed by atoms with van der Waals surface area (Å²) in [6.07, 6.45) is 1.64. The molecular formula is C16H24N2O3. The van der Waals surface area contributed by atoms with Gasteiger partial charge in [-0.25, -0.2) is 0 Å². The highest BCUT2D eigenvalue weighted by Crippen LogP contribution is 2.23. The van der Waals surface area contributed by atoms with Crippen LogP contribution in [0.25, 0.3) is 0 Å². The van der Waals surface area contributed by atoms with Crippen LogP contribution in [0.15, 0.2) is 24.3 Å². The van der Waals surface area contributed by atoms with Gasteiger partial charge in [0, 0.05) is 13.1 Å². The Bertz CT molecular complexity index is 468. The number of amides is 2. The SMILES string of the molecule is CCCN(CCC)C(=O)CC(=O)Nc1ccccc1OC. The Morgan fingerprint density at radius 1 is 1.14 bits per heavy atom. The minimum absolute atomic E-state index is 0.133. The highest BCUT2D eigenvalue weighted by atomic mass is 16.5. The first-order chi connectivity index (χ1) is 10.1. The maximum Gasteiger partial charge on any atom is 0.233 e. The van der Waals surface area contributed by atoms with Crippen LogP contribution in [-0.2, 0) is 9.59 Å². The maximum atomic E-state index is 12.1. The van der Waals surface area contributed by atoms with Crippen molar-refractivity contribution in [1.82, 2.24) is 4.90 Å². The highest BCUT2D eigenvalue weighted by Gasteiger charge is 2.16. The molecule has 21 heavy (non-hydrogen) atoms. The number of methoxy groups -OCH3 is 1. The van der Waals surface area contributed by atoms with Crippen LogP contribution < -0.4 is 10.1 Å². The fourth-order valence-corrected chi connectivity index (χ4v) is 2.09.